The fourth-order valence-corrected chi connectivity index (χ4v) is 11.7. The number of benzene rings is 8. The van der Waals surface area contributed by atoms with E-state index in [1.807, 2.05) is 12.4 Å². The van der Waals surface area contributed by atoms with Crippen LogP contribution in [0.2, 0.25) is 0 Å². The highest BCUT2D eigenvalue weighted by molar-refractivity contribution is 6.14. The van der Waals surface area contributed by atoms with Gasteiger partial charge in [0.25, 0.3) is 0 Å². The van der Waals surface area contributed by atoms with E-state index in [0.29, 0.717) is 5.82 Å². The lowest BCUT2D eigenvalue weighted by Gasteiger charge is -2.32. The van der Waals surface area contributed by atoms with Gasteiger partial charge < -0.3 is 4.57 Å². The first-order chi connectivity index (χ1) is 31.8. The average molecular weight is 815 g/mol. The maximum atomic E-state index is 5.40. The van der Waals surface area contributed by atoms with Gasteiger partial charge in [0, 0.05) is 62.2 Å². The van der Waals surface area contributed by atoms with Crippen LogP contribution in [-0.2, 0) is 5.41 Å². The van der Waals surface area contributed by atoms with Crippen LogP contribution in [0.4, 0.5) is 0 Å². The molecule has 64 heavy (non-hydrogen) atoms. The molecule has 3 heterocycles. The van der Waals surface area contributed by atoms with Gasteiger partial charge in [0.1, 0.15) is 0 Å². The smallest absolute Gasteiger partial charge is 0.159 e. The molecule has 1 atom stereocenters. The van der Waals surface area contributed by atoms with Crippen LogP contribution < -0.4 is 0 Å². The first-order valence-electron chi connectivity index (χ1n) is 22.2. The van der Waals surface area contributed by atoms with E-state index in [-0.39, 0.29) is 11.3 Å². The Labute approximate surface area is 370 Å². The Balaban J connectivity index is 0.839. The van der Waals surface area contributed by atoms with Crippen molar-refractivity contribution in [3.63, 3.8) is 0 Å². The normalized spacial score (nSPS) is 15.4. The summed E-state index contributed by atoms with van der Waals surface area (Å²) in [5.41, 5.74) is 19.0. The van der Waals surface area contributed by atoms with Gasteiger partial charge in [0.15, 0.2) is 5.82 Å². The molecule has 298 valence electrons. The van der Waals surface area contributed by atoms with E-state index in [0.717, 1.165) is 45.6 Å². The Bertz CT molecular complexity index is 3700. The summed E-state index contributed by atoms with van der Waals surface area (Å²) in [7, 11) is 0. The summed E-state index contributed by atoms with van der Waals surface area (Å²) >= 11 is 0. The predicted molar refractivity (Wildman–Crippen MR) is 262 cm³/mol. The monoisotopic (exact) mass is 814 g/mol. The third-order valence-electron chi connectivity index (χ3n) is 14.3. The highest BCUT2D eigenvalue weighted by Crippen LogP contribution is 2.66. The minimum atomic E-state index is -0.342. The minimum absolute atomic E-state index is 0.252. The van der Waals surface area contributed by atoms with Crippen molar-refractivity contribution in [1.82, 2.24) is 19.5 Å². The van der Waals surface area contributed by atoms with Crippen molar-refractivity contribution in [2.75, 3.05) is 0 Å². The lowest BCUT2D eigenvalue weighted by atomic mass is 9.69. The van der Waals surface area contributed by atoms with Crippen molar-refractivity contribution in [2.24, 2.45) is 0 Å². The van der Waals surface area contributed by atoms with E-state index < -0.39 is 0 Å². The molecule has 4 heteroatoms. The molecule has 8 aromatic carbocycles. The zero-order valence-electron chi connectivity index (χ0n) is 34.8. The Morgan fingerprint density at radius 1 is 0.484 bits per heavy atom. The van der Waals surface area contributed by atoms with Crippen LogP contribution in [-0.4, -0.2) is 19.5 Å². The van der Waals surface area contributed by atoms with Crippen LogP contribution >= 0.6 is 0 Å². The number of allylic oxidation sites excluding steroid dienone is 4. The van der Waals surface area contributed by atoms with Crippen LogP contribution in [0.3, 0.4) is 0 Å². The van der Waals surface area contributed by atoms with Crippen molar-refractivity contribution in [3.8, 4) is 50.6 Å². The number of hydrogen-bond acceptors (Lipinski definition) is 3. The number of aromatic nitrogens is 4. The number of pyridine rings is 1. The van der Waals surface area contributed by atoms with E-state index in [9.17, 15) is 0 Å². The third-order valence-corrected chi connectivity index (χ3v) is 14.3. The molecule has 1 spiro atoms. The van der Waals surface area contributed by atoms with Crippen LogP contribution in [0.5, 0.6) is 0 Å². The molecule has 0 saturated carbocycles. The molecule has 3 aliphatic rings. The molecule has 0 bridgehead atoms. The summed E-state index contributed by atoms with van der Waals surface area (Å²) in [5, 5.41) is 6.21. The zero-order chi connectivity index (χ0) is 41.9. The molecule has 14 rings (SSSR count). The average Bonchev–Trinajstić information content (AvgIpc) is 3.98. The maximum absolute atomic E-state index is 5.40. The van der Waals surface area contributed by atoms with Crippen LogP contribution in [0.1, 0.15) is 34.6 Å². The molecule has 0 saturated heterocycles. The largest absolute Gasteiger partial charge is 0.309 e. The third kappa shape index (κ3) is 4.80. The Hall–Kier alpha value is -8.21. The quantitative estimate of drug-likeness (QED) is 0.166. The second-order valence-corrected chi connectivity index (χ2v) is 17.4. The number of fused-ring (bicyclic) bond motifs is 17. The van der Waals surface area contributed by atoms with Crippen LogP contribution in [0, 0.1) is 0 Å². The number of rotatable bonds is 4. The molecule has 4 nitrogen and oxygen atoms in total. The lowest BCUT2D eigenvalue weighted by molar-refractivity contribution is 0.708. The maximum Gasteiger partial charge on any atom is 0.159 e. The molecule has 0 aliphatic heterocycles. The summed E-state index contributed by atoms with van der Waals surface area (Å²) in [6, 6.07) is 66.2. The second-order valence-electron chi connectivity index (χ2n) is 17.4. The number of nitrogens with zero attached hydrogens (tertiary/aromatic N) is 4. The van der Waals surface area contributed by atoms with Gasteiger partial charge in [0.2, 0.25) is 0 Å². The Kier molecular flexibility index (Phi) is 7.41. The molecule has 0 fully saturated rings. The zero-order valence-corrected chi connectivity index (χ0v) is 34.8. The molecule has 3 aliphatic carbocycles. The Morgan fingerprint density at radius 3 is 1.78 bits per heavy atom. The topological polar surface area (TPSA) is 43.6 Å². The summed E-state index contributed by atoms with van der Waals surface area (Å²) in [6.07, 6.45) is 11.9. The van der Waals surface area contributed by atoms with Gasteiger partial charge in [-0.3, -0.25) is 0 Å². The summed E-state index contributed by atoms with van der Waals surface area (Å²) in [6.45, 7) is 0. The van der Waals surface area contributed by atoms with Crippen molar-refractivity contribution in [1.29, 1.82) is 0 Å². The standard InChI is InChI=1S/C60H38N4/c1-7-19-49-42(13-1)43-14-2-8-20-50(43)60(49)51-21-9-3-17-46(51)57-52(60)34-33-48-56(57)47-18-4-10-22-53(47)63-58(48)38-25-27-39(28-26-38)59-61-35-40(36-62-59)37-29-31-41(32-30-37)64-54-23-11-5-15-44(54)45-16-6-12-24-55(45)64/h1-16,18-36,46H,17H2. The fourth-order valence-electron chi connectivity index (χ4n) is 11.7. The molecular formula is C60H38N4. The van der Waals surface area contributed by atoms with E-state index in [1.165, 1.54) is 76.9 Å². The number of hydrogen-bond donors (Lipinski definition) is 0. The molecule has 3 aromatic heterocycles. The van der Waals surface area contributed by atoms with Crippen molar-refractivity contribution >= 4 is 43.5 Å². The molecular weight excluding hydrogens is 777 g/mol. The van der Waals surface area contributed by atoms with E-state index in [4.69, 9.17) is 15.0 Å². The van der Waals surface area contributed by atoms with Crippen molar-refractivity contribution < 1.29 is 0 Å². The molecule has 0 amide bonds. The lowest BCUT2D eigenvalue weighted by Crippen LogP contribution is -2.27. The molecule has 1 unspecified atom stereocenters. The Morgan fingerprint density at radius 2 is 1.08 bits per heavy atom. The van der Waals surface area contributed by atoms with Crippen molar-refractivity contribution in [3.05, 3.63) is 240 Å². The van der Waals surface area contributed by atoms with E-state index >= 15 is 0 Å². The van der Waals surface area contributed by atoms with Gasteiger partial charge >= 0.3 is 0 Å². The summed E-state index contributed by atoms with van der Waals surface area (Å²) < 4.78 is 2.34. The summed E-state index contributed by atoms with van der Waals surface area (Å²) in [4.78, 5) is 15.2. The first-order valence-corrected chi connectivity index (χ1v) is 22.2. The van der Waals surface area contributed by atoms with Gasteiger partial charge in [-0.25, -0.2) is 15.0 Å². The van der Waals surface area contributed by atoms with E-state index in [1.54, 1.807) is 0 Å². The molecule has 0 N–H and O–H groups in total. The first kappa shape index (κ1) is 35.4. The van der Waals surface area contributed by atoms with Gasteiger partial charge in [-0.15, -0.1) is 0 Å². The van der Waals surface area contributed by atoms with Gasteiger partial charge in [-0.2, -0.15) is 0 Å². The van der Waals surface area contributed by atoms with Gasteiger partial charge in [-0.05, 0) is 86.7 Å². The molecule has 11 aromatic rings. The second kappa shape index (κ2) is 13.4. The summed E-state index contributed by atoms with van der Waals surface area (Å²) in [5.74, 6) is 0.945. The van der Waals surface area contributed by atoms with Crippen LogP contribution in [0.15, 0.2) is 218 Å². The molecule has 0 radical (unpaired) electrons. The SMILES string of the molecule is C1=CCC2C(=C1)C1(c3ccccc3-c3ccccc31)c1ccc3c(-c4ccc(-c5ncc(-c6ccc(-n7c8ccccc8c8ccccc87)cc6)cn5)cc4)nc4ccccc4c3c12. The highest BCUT2D eigenvalue weighted by Gasteiger charge is 2.55. The predicted octanol–water partition coefficient (Wildman–Crippen LogP) is 14.6. The van der Waals surface area contributed by atoms with Gasteiger partial charge in [0.05, 0.1) is 27.7 Å². The number of para-hydroxylation sites is 3. The van der Waals surface area contributed by atoms with Crippen LogP contribution in [0.25, 0.3) is 94.1 Å². The fraction of sp³-hybridized carbons (Fsp3) is 0.0500. The van der Waals surface area contributed by atoms with E-state index in [2.05, 4.69) is 205 Å². The van der Waals surface area contributed by atoms with Gasteiger partial charge in [-0.1, -0.05) is 170 Å². The van der Waals surface area contributed by atoms with Crippen molar-refractivity contribution in [2.45, 2.75) is 17.8 Å². The highest BCUT2D eigenvalue weighted by atomic mass is 15.0. The minimum Gasteiger partial charge on any atom is -0.309 e.